The molecule has 0 spiro atoms. The van der Waals surface area contributed by atoms with Crippen LogP contribution in [0.4, 0.5) is 5.69 Å². The molecule has 1 aromatic carbocycles. The van der Waals surface area contributed by atoms with Crippen LogP contribution in [0.2, 0.25) is 10.0 Å². The van der Waals surface area contributed by atoms with E-state index in [0.717, 1.165) is 0 Å². The highest BCUT2D eigenvalue weighted by Gasteiger charge is 2.52. The van der Waals surface area contributed by atoms with Crippen LogP contribution in [0.5, 0.6) is 0 Å². The summed E-state index contributed by atoms with van der Waals surface area (Å²) in [5.41, 5.74) is -1.84. The number of aliphatic hydroxyl groups is 1. The number of nitriles is 1. The third-order valence-electron chi connectivity index (χ3n) is 2.94. The van der Waals surface area contributed by atoms with E-state index in [1.807, 2.05) is 0 Å². The molecule has 1 atom stereocenters. The molecule has 4 nitrogen and oxygen atoms in total. The summed E-state index contributed by atoms with van der Waals surface area (Å²) in [4.78, 5) is 13.3. The van der Waals surface area contributed by atoms with Crippen molar-refractivity contribution < 1.29 is 9.90 Å². The predicted octanol–water partition coefficient (Wildman–Crippen LogP) is 2.24. The van der Waals surface area contributed by atoms with E-state index in [2.05, 4.69) is 6.58 Å². The molecule has 0 fully saturated rings. The molecular weight excluding hydrogens is 275 g/mol. The van der Waals surface area contributed by atoms with Crippen molar-refractivity contribution in [3.63, 3.8) is 0 Å². The van der Waals surface area contributed by atoms with Crippen LogP contribution in [0.25, 0.3) is 0 Å². The van der Waals surface area contributed by atoms with E-state index in [-0.39, 0.29) is 21.2 Å². The van der Waals surface area contributed by atoms with Crippen molar-refractivity contribution in [1.82, 2.24) is 0 Å². The first-order chi connectivity index (χ1) is 8.33. The summed E-state index contributed by atoms with van der Waals surface area (Å²) in [5.74, 6) is -0.673. The summed E-state index contributed by atoms with van der Waals surface area (Å²) in [7, 11) is 1.46. The third kappa shape index (κ3) is 1.45. The molecule has 0 saturated carbocycles. The van der Waals surface area contributed by atoms with Gasteiger partial charge in [0.15, 0.2) is 0 Å². The minimum absolute atomic E-state index is 0.180. The molecular formula is C12H8Cl2N2O2. The molecule has 1 aliphatic heterocycles. The largest absolute Gasteiger partial charge is 0.371 e. The second-order valence-corrected chi connectivity index (χ2v) is 4.79. The van der Waals surface area contributed by atoms with Crippen molar-refractivity contribution in [1.29, 1.82) is 5.26 Å². The van der Waals surface area contributed by atoms with Gasteiger partial charge in [0.1, 0.15) is 0 Å². The van der Waals surface area contributed by atoms with E-state index in [1.165, 1.54) is 24.1 Å². The molecule has 1 aliphatic rings. The Morgan fingerprint density at radius 3 is 2.72 bits per heavy atom. The van der Waals surface area contributed by atoms with Gasteiger partial charge in [0, 0.05) is 17.6 Å². The molecule has 1 heterocycles. The van der Waals surface area contributed by atoms with E-state index in [4.69, 9.17) is 28.5 Å². The SMILES string of the molecule is C=C(C#N)C1(O)C(=O)N(C)c2c(Cl)cc(Cl)cc21. The van der Waals surface area contributed by atoms with Gasteiger partial charge in [0.25, 0.3) is 5.91 Å². The van der Waals surface area contributed by atoms with Gasteiger partial charge in [-0.25, -0.2) is 0 Å². The molecule has 1 aromatic rings. The van der Waals surface area contributed by atoms with E-state index < -0.39 is 11.5 Å². The maximum atomic E-state index is 12.1. The number of carbonyl (C=O) groups excluding carboxylic acids is 1. The van der Waals surface area contributed by atoms with E-state index in [0.29, 0.717) is 5.69 Å². The maximum absolute atomic E-state index is 12.1. The first-order valence-electron chi connectivity index (χ1n) is 4.93. The van der Waals surface area contributed by atoms with E-state index >= 15 is 0 Å². The molecule has 0 radical (unpaired) electrons. The Bertz CT molecular complexity index is 621. The number of amides is 1. The molecule has 0 aromatic heterocycles. The van der Waals surface area contributed by atoms with Crippen LogP contribution in [-0.2, 0) is 10.4 Å². The first kappa shape index (κ1) is 12.9. The summed E-state index contributed by atoms with van der Waals surface area (Å²) in [6.07, 6.45) is 0. The highest BCUT2D eigenvalue weighted by atomic mass is 35.5. The molecule has 1 unspecified atom stereocenters. The van der Waals surface area contributed by atoms with Crippen LogP contribution in [0, 0.1) is 11.3 Å². The zero-order valence-corrected chi connectivity index (χ0v) is 10.9. The molecule has 1 N–H and O–H groups in total. The first-order valence-corrected chi connectivity index (χ1v) is 5.69. The number of carbonyl (C=O) groups is 1. The van der Waals surface area contributed by atoms with Gasteiger partial charge >= 0.3 is 0 Å². The molecule has 2 rings (SSSR count). The number of nitrogens with zero attached hydrogens (tertiary/aromatic N) is 2. The lowest BCUT2D eigenvalue weighted by atomic mass is 9.89. The average molecular weight is 283 g/mol. The lowest BCUT2D eigenvalue weighted by molar-refractivity contribution is -0.131. The van der Waals surface area contributed by atoms with Gasteiger partial charge in [-0.2, -0.15) is 5.26 Å². The molecule has 0 aliphatic carbocycles. The van der Waals surface area contributed by atoms with E-state index in [9.17, 15) is 9.90 Å². The quantitative estimate of drug-likeness (QED) is 0.804. The van der Waals surface area contributed by atoms with Gasteiger partial charge in [-0.05, 0) is 12.1 Å². The van der Waals surface area contributed by atoms with Gasteiger partial charge in [0.2, 0.25) is 5.60 Å². The molecule has 6 heteroatoms. The predicted molar refractivity (Wildman–Crippen MR) is 68.5 cm³/mol. The van der Waals surface area contributed by atoms with Crippen molar-refractivity contribution in [2.24, 2.45) is 0 Å². The number of hydrogen-bond acceptors (Lipinski definition) is 3. The number of likely N-dealkylation sites (N-methyl/N-ethyl adjacent to an activating group) is 1. The van der Waals surface area contributed by atoms with Gasteiger partial charge < -0.3 is 10.0 Å². The lowest BCUT2D eigenvalue weighted by Gasteiger charge is -2.19. The van der Waals surface area contributed by atoms with Gasteiger partial charge in [0.05, 0.1) is 22.4 Å². The number of hydrogen-bond donors (Lipinski definition) is 1. The van der Waals surface area contributed by atoms with Gasteiger partial charge in [-0.15, -0.1) is 0 Å². The fraction of sp³-hybridized carbons (Fsp3) is 0.167. The minimum Gasteiger partial charge on any atom is -0.371 e. The van der Waals surface area contributed by atoms with Gasteiger partial charge in [-0.1, -0.05) is 29.8 Å². The van der Waals surface area contributed by atoms with Crippen LogP contribution < -0.4 is 4.90 Å². The number of halogens is 2. The van der Waals surface area contributed by atoms with Crippen molar-refractivity contribution in [3.05, 3.63) is 39.9 Å². The van der Waals surface area contributed by atoms with Crippen LogP contribution in [0.1, 0.15) is 5.56 Å². The summed E-state index contributed by atoms with van der Waals surface area (Å²) in [5, 5.41) is 19.9. The Balaban J connectivity index is 2.82. The Morgan fingerprint density at radius 2 is 2.17 bits per heavy atom. The number of anilines is 1. The average Bonchev–Trinajstić information content (AvgIpc) is 2.51. The number of fused-ring (bicyclic) bond motifs is 1. The summed E-state index contributed by atoms with van der Waals surface area (Å²) in [6, 6.07) is 4.57. The number of benzene rings is 1. The Kier molecular flexibility index (Phi) is 2.86. The zero-order valence-electron chi connectivity index (χ0n) is 9.37. The highest BCUT2D eigenvalue weighted by molar-refractivity contribution is 6.38. The van der Waals surface area contributed by atoms with Crippen LogP contribution in [-0.4, -0.2) is 18.1 Å². The standard InChI is InChI=1S/C12H8Cl2N2O2/c1-6(5-15)12(18)8-3-7(13)4-9(14)10(8)16(2)11(12)17/h3-4,18H,1H2,2H3. The van der Waals surface area contributed by atoms with E-state index in [1.54, 1.807) is 6.07 Å². The molecule has 0 saturated heterocycles. The smallest absolute Gasteiger partial charge is 0.269 e. The highest BCUT2D eigenvalue weighted by Crippen LogP contribution is 2.47. The fourth-order valence-electron chi connectivity index (χ4n) is 2.01. The number of rotatable bonds is 1. The fourth-order valence-corrected chi connectivity index (χ4v) is 2.63. The summed E-state index contributed by atoms with van der Waals surface area (Å²) in [6.45, 7) is 3.43. The van der Waals surface area contributed by atoms with Crippen molar-refractivity contribution >= 4 is 34.8 Å². The Hall–Kier alpha value is -1.54. The normalized spacial score (nSPS) is 21.7. The van der Waals surface area contributed by atoms with Crippen LogP contribution in [0.15, 0.2) is 24.3 Å². The van der Waals surface area contributed by atoms with Gasteiger partial charge in [-0.3, -0.25) is 4.79 Å². The topological polar surface area (TPSA) is 64.3 Å². The summed E-state index contributed by atoms with van der Waals surface area (Å²) < 4.78 is 0. The van der Waals surface area contributed by atoms with Crippen molar-refractivity contribution in [2.75, 3.05) is 11.9 Å². The zero-order chi connectivity index (χ0) is 13.7. The molecule has 18 heavy (non-hydrogen) atoms. The second kappa shape index (κ2) is 3.99. The minimum atomic E-state index is -2.09. The van der Waals surface area contributed by atoms with Crippen molar-refractivity contribution in [3.8, 4) is 6.07 Å². The lowest BCUT2D eigenvalue weighted by Crippen LogP contribution is -2.39. The van der Waals surface area contributed by atoms with Crippen molar-refractivity contribution in [2.45, 2.75) is 5.60 Å². The monoisotopic (exact) mass is 282 g/mol. The third-order valence-corrected chi connectivity index (χ3v) is 3.45. The molecule has 92 valence electrons. The van der Waals surface area contributed by atoms with Crippen LogP contribution in [0.3, 0.4) is 0 Å². The Labute approximate surface area is 114 Å². The summed E-state index contributed by atoms with van der Waals surface area (Å²) >= 11 is 11.9. The molecule has 0 bridgehead atoms. The maximum Gasteiger partial charge on any atom is 0.269 e. The second-order valence-electron chi connectivity index (χ2n) is 3.95. The van der Waals surface area contributed by atoms with Crippen LogP contribution >= 0.6 is 23.2 Å². The molecule has 1 amide bonds. The Morgan fingerprint density at radius 1 is 1.56 bits per heavy atom.